The minimum absolute atomic E-state index is 0.0363. The van der Waals surface area contributed by atoms with Crippen LogP contribution in [0.2, 0.25) is 5.02 Å². The molecule has 0 atom stereocenters. The number of aromatic nitrogens is 1. The number of nitrogens with zero attached hydrogens (tertiary/aromatic N) is 2. The fourth-order valence-corrected chi connectivity index (χ4v) is 4.20. The summed E-state index contributed by atoms with van der Waals surface area (Å²) in [5.41, 5.74) is 1.50. The van der Waals surface area contributed by atoms with E-state index in [0.717, 1.165) is 23.4 Å². The van der Waals surface area contributed by atoms with Crippen molar-refractivity contribution in [1.82, 2.24) is 15.2 Å². The van der Waals surface area contributed by atoms with Crippen molar-refractivity contribution in [2.24, 2.45) is 0 Å². The molecule has 0 aliphatic carbocycles. The van der Waals surface area contributed by atoms with E-state index in [1.54, 1.807) is 17.5 Å². The highest BCUT2D eigenvalue weighted by Crippen LogP contribution is 2.29. The lowest BCUT2D eigenvalue weighted by Crippen LogP contribution is -2.37. The third-order valence-electron chi connectivity index (χ3n) is 5.37. The van der Waals surface area contributed by atoms with Gasteiger partial charge in [-0.1, -0.05) is 29.8 Å². The summed E-state index contributed by atoms with van der Waals surface area (Å²) in [5.74, 6) is -0.764. The van der Waals surface area contributed by atoms with Crippen molar-refractivity contribution < 1.29 is 27.5 Å². The van der Waals surface area contributed by atoms with Crippen molar-refractivity contribution in [3.05, 3.63) is 75.3 Å². The molecule has 0 aliphatic rings. The van der Waals surface area contributed by atoms with Gasteiger partial charge in [-0.2, -0.15) is 13.2 Å². The first-order valence-electron chi connectivity index (χ1n) is 11.3. The van der Waals surface area contributed by atoms with Crippen molar-refractivity contribution in [1.29, 1.82) is 0 Å². The Kier molecular flexibility index (Phi) is 9.90. The first kappa shape index (κ1) is 28.4. The van der Waals surface area contributed by atoms with Crippen molar-refractivity contribution >= 4 is 45.6 Å². The van der Waals surface area contributed by atoms with Crippen LogP contribution < -0.4 is 10.6 Å². The van der Waals surface area contributed by atoms with Gasteiger partial charge in [0.1, 0.15) is 5.69 Å². The van der Waals surface area contributed by atoms with E-state index < -0.39 is 17.6 Å². The Morgan fingerprint density at radius 3 is 2.68 bits per heavy atom. The molecule has 0 fully saturated rings. The molecule has 0 spiro atoms. The van der Waals surface area contributed by atoms with Crippen molar-refractivity contribution in [2.45, 2.75) is 26.1 Å². The average molecular weight is 555 g/mol. The van der Waals surface area contributed by atoms with Gasteiger partial charge >= 0.3 is 6.18 Å². The second kappa shape index (κ2) is 12.9. The molecule has 7 nitrogen and oxygen atoms in total. The molecule has 3 aromatic rings. The predicted molar refractivity (Wildman–Crippen MR) is 137 cm³/mol. The van der Waals surface area contributed by atoms with Crippen molar-refractivity contribution in [3.8, 4) is 0 Å². The number of rotatable bonds is 11. The van der Waals surface area contributed by atoms with Crippen LogP contribution in [0.25, 0.3) is 0 Å². The third-order valence-corrected chi connectivity index (χ3v) is 6.36. The van der Waals surface area contributed by atoms with Crippen LogP contribution in [-0.4, -0.2) is 48.5 Å². The first-order chi connectivity index (χ1) is 17.6. The number of amides is 2. The van der Waals surface area contributed by atoms with E-state index in [1.807, 2.05) is 13.0 Å². The second-order valence-corrected chi connectivity index (χ2v) is 9.43. The molecule has 0 saturated carbocycles. The molecule has 12 heteroatoms. The van der Waals surface area contributed by atoms with E-state index in [9.17, 15) is 22.8 Å². The van der Waals surface area contributed by atoms with Gasteiger partial charge in [-0.15, -0.1) is 11.3 Å². The Hall–Kier alpha value is -3.15. The van der Waals surface area contributed by atoms with Gasteiger partial charge in [0.25, 0.3) is 5.91 Å². The minimum atomic E-state index is -4.46. The van der Waals surface area contributed by atoms with E-state index in [1.165, 1.54) is 35.5 Å². The summed E-state index contributed by atoms with van der Waals surface area (Å²) in [6.45, 7) is 2.45. The number of hydrogen-bond acceptors (Lipinski definition) is 6. The molecular weight excluding hydrogens is 529 g/mol. The lowest BCUT2D eigenvalue weighted by atomic mass is 10.1. The van der Waals surface area contributed by atoms with Gasteiger partial charge in [0.15, 0.2) is 5.13 Å². The smallest absolute Gasteiger partial charge is 0.383 e. The number of hydrogen-bond donors (Lipinski definition) is 2. The van der Waals surface area contributed by atoms with E-state index in [-0.39, 0.29) is 44.3 Å². The zero-order valence-corrected chi connectivity index (χ0v) is 21.8. The van der Waals surface area contributed by atoms with Gasteiger partial charge in [-0.05, 0) is 42.3 Å². The molecule has 0 unspecified atom stereocenters. The van der Waals surface area contributed by atoms with E-state index in [2.05, 4.69) is 15.6 Å². The Labute approximate surface area is 221 Å². The summed E-state index contributed by atoms with van der Waals surface area (Å²) in [6, 6.07) is 10.2. The van der Waals surface area contributed by atoms with Crippen LogP contribution in [0.3, 0.4) is 0 Å². The highest BCUT2D eigenvalue weighted by molar-refractivity contribution is 7.14. The molecule has 37 heavy (non-hydrogen) atoms. The molecule has 0 bridgehead atoms. The predicted octanol–water partition coefficient (Wildman–Crippen LogP) is 5.66. The number of aryl methyl sites for hydroxylation is 1. The lowest BCUT2D eigenvalue weighted by molar-refractivity contribution is -0.137. The number of methoxy groups -OCH3 is 1. The highest BCUT2D eigenvalue weighted by atomic mass is 35.5. The second-order valence-electron chi connectivity index (χ2n) is 8.13. The zero-order valence-electron chi connectivity index (χ0n) is 20.2. The Morgan fingerprint density at radius 1 is 1.16 bits per heavy atom. The van der Waals surface area contributed by atoms with Gasteiger partial charge in [0.2, 0.25) is 5.91 Å². The maximum atomic E-state index is 13.1. The van der Waals surface area contributed by atoms with Crippen LogP contribution in [0.15, 0.2) is 47.8 Å². The molecular formula is C25H26ClF3N4O3S. The lowest BCUT2D eigenvalue weighted by Gasteiger charge is -2.21. The number of halogens is 4. The number of carbonyl (C=O) groups is 2. The van der Waals surface area contributed by atoms with Crippen LogP contribution >= 0.6 is 22.9 Å². The number of thiazole rings is 1. The fourth-order valence-electron chi connectivity index (χ4n) is 3.34. The zero-order chi connectivity index (χ0) is 27.0. The Balaban J connectivity index is 1.59. The quantitative estimate of drug-likeness (QED) is 0.319. The number of alkyl halides is 3. The molecule has 0 saturated heterocycles. The minimum Gasteiger partial charge on any atom is -0.383 e. The molecule has 2 N–H and O–H groups in total. The normalized spacial score (nSPS) is 11.3. The molecule has 198 valence electrons. The number of anilines is 2. The van der Waals surface area contributed by atoms with Crippen LogP contribution in [0.5, 0.6) is 0 Å². The van der Waals surface area contributed by atoms with Gasteiger partial charge < -0.3 is 20.3 Å². The van der Waals surface area contributed by atoms with Crippen molar-refractivity contribution in [2.75, 3.05) is 32.1 Å². The molecule has 3 rings (SSSR count). The molecule has 2 aromatic carbocycles. The molecule has 0 aliphatic heterocycles. The van der Waals surface area contributed by atoms with E-state index in [0.29, 0.717) is 15.7 Å². The van der Waals surface area contributed by atoms with E-state index >= 15 is 0 Å². The Morgan fingerprint density at radius 2 is 1.95 bits per heavy atom. The number of nitrogens with one attached hydrogen (secondary N) is 2. The van der Waals surface area contributed by atoms with Crippen molar-refractivity contribution in [3.63, 3.8) is 0 Å². The highest BCUT2D eigenvalue weighted by Gasteiger charge is 2.30. The summed E-state index contributed by atoms with van der Waals surface area (Å²) in [5, 5.41) is 8.46. The summed E-state index contributed by atoms with van der Waals surface area (Å²) < 4.78 is 43.8. The molecule has 1 aromatic heterocycles. The number of benzene rings is 2. The SMILES string of the molecule is COCCN(CCC(=O)NCc1cccc(C(F)(F)F)c1)C(=O)c1csc(Nc2cc(Cl)ccc2C)n1. The van der Waals surface area contributed by atoms with Crippen LogP contribution in [-0.2, 0) is 22.3 Å². The summed E-state index contributed by atoms with van der Waals surface area (Å²) in [4.78, 5) is 31.3. The van der Waals surface area contributed by atoms with Gasteiger partial charge in [-0.25, -0.2) is 4.98 Å². The van der Waals surface area contributed by atoms with Gasteiger partial charge in [0.05, 0.1) is 12.2 Å². The van der Waals surface area contributed by atoms with Crippen LogP contribution in [0.4, 0.5) is 24.0 Å². The topological polar surface area (TPSA) is 83.6 Å². The monoisotopic (exact) mass is 554 g/mol. The summed E-state index contributed by atoms with van der Waals surface area (Å²) >= 11 is 7.32. The largest absolute Gasteiger partial charge is 0.416 e. The first-order valence-corrected chi connectivity index (χ1v) is 12.5. The molecule has 2 amide bonds. The van der Waals surface area contributed by atoms with Gasteiger partial charge in [0, 0.05) is 49.3 Å². The Bertz CT molecular complexity index is 1240. The van der Waals surface area contributed by atoms with Gasteiger partial charge in [-0.3, -0.25) is 9.59 Å². The standard InChI is InChI=1S/C25H26ClF3N4O3S/c1-16-6-7-19(26)13-20(16)31-24-32-21(15-37-24)23(35)33(10-11-36-2)9-8-22(34)30-14-17-4-3-5-18(12-17)25(27,28)29/h3-7,12-13,15H,8-11,14H2,1-2H3,(H,30,34)(H,31,32). The molecule has 0 radical (unpaired) electrons. The maximum Gasteiger partial charge on any atom is 0.416 e. The summed E-state index contributed by atoms with van der Waals surface area (Å²) in [7, 11) is 1.50. The number of carbonyl (C=O) groups excluding carboxylic acids is 2. The van der Waals surface area contributed by atoms with E-state index in [4.69, 9.17) is 16.3 Å². The third kappa shape index (κ3) is 8.44. The summed E-state index contributed by atoms with van der Waals surface area (Å²) in [6.07, 6.45) is -4.49. The average Bonchev–Trinajstić information content (AvgIpc) is 3.33. The molecule has 1 heterocycles. The number of ether oxygens (including phenoxy) is 1. The van der Waals surface area contributed by atoms with Crippen LogP contribution in [0, 0.1) is 6.92 Å². The van der Waals surface area contributed by atoms with Crippen LogP contribution in [0.1, 0.15) is 33.6 Å². The fraction of sp³-hybridized carbons (Fsp3) is 0.320. The maximum absolute atomic E-state index is 13.1.